The van der Waals surface area contributed by atoms with Crippen LogP contribution in [0, 0.1) is 0 Å². The van der Waals surface area contributed by atoms with Gasteiger partial charge >= 0.3 is 6.03 Å². The Morgan fingerprint density at radius 3 is 2.50 bits per heavy atom. The summed E-state index contributed by atoms with van der Waals surface area (Å²) in [4.78, 5) is 24.3. The smallest absolute Gasteiger partial charge is 0.319 e. The van der Waals surface area contributed by atoms with Crippen LogP contribution in [0.15, 0.2) is 18.2 Å². The molecular weight excluding hydrogens is 432 g/mol. The second-order valence-electron chi connectivity index (χ2n) is 9.55. The zero-order chi connectivity index (χ0) is 23.5. The molecule has 2 heterocycles. The van der Waals surface area contributed by atoms with E-state index in [1.807, 2.05) is 26.2 Å². The van der Waals surface area contributed by atoms with Crippen molar-refractivity contribution in [3.8, 4) is 11.5 Å². The summed E-state index contributed by atoms with van der Waals surface area (Å²) in [5, 5.41) is 9.59. The quantitative estimate of drug-likeness (QED) is 0.617. The van der Waals surface area contributed by atoms with Crippen LogP contribution in [-0.4, -0.2) is 55.4 Å². The number of rotatable bonds is 5. The highest BCUT2D eigenvalue weighted by Crippen LogP contribution is 2.33. The Labute approximate surface area is 200 Å². The van der Waals surface area contributed by atoms with Crippen LogP contribution in [0.25, 0.3) is 0 Å². The summed E-state index contributed by atoms with van der Waals surface area (Å²) in [5.74, 6) is 3.15. The molecule has 1 aromatic heterocycles. The lowest BCUT2D eigenvalue weighted by Gasteiger charge is -2.30. The normalized spacial score (nSPS) is 21.2. The van der Waals surface area contributed by atoms with Crippen LogP contribution in [-0.2, 0) is 12.8 Å². The van der Waals surface area contributed by atoms with Gasteiger partial charge in [0.25, 0.3) is 0 Å². The maximum Gasteiger partial charge on any atom is 0.319 e. The molecule has 34 heavy (non-hydrogen) atoms. The molecule has 2 amide bonds. The molecule has 2 aliphatic carbocycles. The third-order valence-electron chi connectivity index (χ3n) is 6.78. The minimum atomic E-state index is -0.193. The molecule has 182 valence electrons. The number of hydrogen-bond acceptors (Lipinski definition) is 7. The summed E-state index contributed by atoms with van der Waals surface area (Å²) in [5.41, 5.74) is 3.19. The van der Waals surface area contributed by atoms with E-state index in [4.69, 9.17) is 19.4 Å². The summed E-state index contributed by atoms with van der Waals surface area (Å²) >= 11 is 0. The molecule has 1 saturated carbocycles. The number of carbonyl (C=O) groups excluding carboxylic acids is 1. The summed E-state index contributed by atoms with van der Waals surface area (Å²) in [6, 6.07) is 5.73. The van der Waals surface area contributed by atoms with E-state index in [0.717, 1.165) is 50.3 Å². The maximum absolute atomic E-state index is 12.5. The number of hydrogen-bond donors (Lipinski definition) is 3. The number of nitrogens with zero attached hydrogens (tertiary/aromatic N) is 3. The predicted octanol–water partition coefficient (Wildman–Crippen LogP) is 3.74. The van der Waals surface area contributed by atoms with Gasteiger partial charge in [0, 0.05) is 43.5 Å². The first-order valence-corrected chi connectivity index (χ1v) is 12.4. The molecule has 0 bridgehead atoms. The number of fused-ring (bicyclic) bond motifs is 2. The lowest BCUT2D eigenvalue weighted by molar-refractivity contribution is 0.171. The highest BCUT2D eigenvalue weighted by atomic mass is 16.6. The first-order valence-electron chi connectivity index (χ1n) is 12.4. The van der Waals surface area contributed by atoms with E-state index in [1.54, 1.807) is 6.07 Å². The third-order valence-corrected chi connectivity index (χ3v) is 6.78. The van der Waals surface area contributed by atoms with Gasteiger partial charge in [-0.3, -0.25) is 0 Å². The Balaban J connectivity index is 1.13. The van der Waals surface area contributed by atoms with Crippen molar-refractivity contribution in [1.82, 2.24) is 15.3 Å². The summed E-state index contributed by atoms with van der Waals surface area (Å²) < 4.78 is 11.1. The molecule has 1 aliphatic heterocycles. The molecule has 9 nitrogen and oxygen atoms in total. The van der Waals surface area contributed by atoms with Crippen molar-refractivity contribution in [3.63, 3.8) is 0 Å². The van der Waals surface area contributed by atoms with Gasteiger partial charge in [0.05, 0.1) is 5.69 Å². The van der Waals surface area contributed by atoms with E-state index in [1.165, 1.54) is 24.1 Å². The maximum atomic E-state index is 12.5. The summed E-state index contributed by atoms with van der Waals surface area (Å²) in [6.45, 7) is 1.07. The lowest BCUT2D eigenvalue weighted by atomic mass is 9.91. The number of ether oxygens (including phenoxy) is 2. The lowest BCUT2D eigenvalue weighted by Crippen LogP contribution is -2.42. The van der Waals surface area contributed by atoms with E-state index in [9.17, 15) is 4.79 Å². The molecule has 3 N–H and O–H groups in total. The number of aromatic nitrogens is 2. The Morgan fingerprint density at radius 1 is 0.971 bits per heavy atom. The molecule has 0 radical (unpaired) electrons. The van der Waals surface area contributed by atoms with Crippen LogP contribution >= 0.6 is 0 Å². The molecular formula is C25H34N6O3. The van der Waals surface area contributed by atoms with E-state index in [-0.39, 0.29) is 12.1 Å². The van der Waals surface area contributed by atoms with Crippen molar-refractivity contribution >= 4 is 23.5 Å². The van der Waals surface area contributed by atoms with Crippen LogP contribution in [0.4, 0.5) is 22.2 Å². The van der Waals surface area contributed by atoms with Gasteiger partial charge in [0.15, 0.2) is 11.5 Å². The molecule has 1 aromatic carbocycles. The average Bonchev–Trinajstić information content (AvgIpc) is 2.84. The van der Waals surface area contributed by atoms with Crippen molar-refractivity contribution in [3.05, 3.63) is 29.5 Å². The van der Waals surface area contributed by atoms with Gasteiger partial charge in [-0.1, -0.05) is 0 Å². The zero-order valence-electron chi connectivity index (χ0n) is 20.0. The van der Waals surface area contributed by atoms with Crippen molar-refractivity contribution in [2.45, 2.75) is 63.5 Å². The molecule has 0 unspecified atom stereocenters. The third kappa shape index (κ3) is 5.13. The molecule has 0 saturated heterocycles. The summed E-state index contributed by atoms with van der Waals surface area (Å²) in [6.07, 6.45) is 8.26. The number of urea groups is 1. The first kappa shape index (κ1) is 22.6. The first-order chi connectivity index (χ1) is 16.5. The Kier molecular flexibility index (Phi) is 6.60. The number of benzene rings is 1. The fraction of sp³-hybridized carbons (Fsp3) is 0.560. The second kappa shape index (κ2) is 9.95. The van der Waals surface area contributed by atoms with Crippen molar-refractivity contribution in [2.24, 2.45) is 0 Å². The van der Waals surface area contributed by atoms with E-state index in [0.29, 0.717) is 36.4 Å². The molecule has 3 aliphatic rings. The highest BCUT2D eigenvalue weighted by Gasteiger charge is 2.25. The van der Waals surface area contributed by atoms with Gasteiger partial charge in [-0.15, -0.1) is 0 Å². The number of aryl methyl sites for hydroxylation is 1. The van der Waals surface area contributed by atoms with Crippen LogP contribution < -0.4 is 30.3 Å². The van der Waals surface area contributed by atoms with E-state index in [2.05, 4.69) is 20.9 Å². The number of amides is 2. The van der Waals surface area contributed by atoms with Gasteiger partial charge in [-0.2, -0.15) is 4.98 Å². The predicted molar refractivity (Wildman–Crippen MR) is 132 cm³/mol. The standard InChI is InChI=1S/C25H34N6O3/c1-31(2)23-19-5-3-4-6-20(19)29-24(30-23)26-16-7-9-17(10-8-16)27-25(32)28-18-11-12-21-22(15-18)34-14-13-33-21/h11-12,15-17H,3-10,13-14H2,1-2H3,(H,26,29,30)(H2,27,28,32). The van der Waals surface area contributed by atoms with Gasteiger partial charge in [0.1, 0.15) is 19.0 Å². The Morgan fingerprint density at radius 2 is 1.71 bits per heavy atom. The van der Waals surface area contributed by atoms with Crippen LogP contribution in [0.2, 0.25) is 0 Å². The fourth-order valence-electron chi connectivity index (χ4n) is 5.05. The van der Waals surface area contributed by atoms with Gasteiger partial charge < -0.3 is 30.3 Å². The van der Waals surface area contributed by atoms with Gasteiger partial charge in [-0.25, -0.2) is 9.78 Å². The van der Waals surface area contributed by atoms with E-state index >= 15 is 0 Å². The van der Waals surface area contributed by atoms with Crippen molar-refractivity contribution in [2.75, 3.05) is 42.8 Å². The Hall–Kier alpha value is -3.23. The molecule has 0 spiro atoms. The Bertz CT molecular complexity index is 1040. The highest BCUT2D eigenvalue weighted by molar-refractivity contribution is 5.89. The topological polar surface area (TPSA) is 101 Å². The van der Waals surface area contributed by atoms with Crippen LogP contribution in [0.5, 0.6) is 11.5 Å². The second-order valence-corrected chi connectivity index (χ2v) is 9.55. The average molecular weight is 467 g/mol. The monoisotopic (exact) mass is 466 g/mol. The van der Waals surface area contributed by atoms with Gasteiger partial charge in [0.2, 0.25) is 5.95 Å². The largest absolute Gasteiger partial charge is 0.486 e. The molecule has 9 heteroatoms. The molecule has 1 fully saturated rings. The minimum Gasteiger partial charge on any atom is -0.486 e. The number of anilines is 3. The van der Waals surface area contributed by atoms with Crippen LogP contribution in [0.1, 0.15) is 49.8 Å². The van der Waals surface area contributed by atoms with Gasteiger partial charge in [-0.05, 0) is 63.5 Å². The summed E-state index contributed by atoms with van der Waals surface area (Å²) in [7, 11) is 4.10. The molecule has 2 aromatic rings. The van der Waals surface area contributed by atoms with E-state index < -0.39 is 0 Å². The van der Waals surface area contributed by atoms with Crippen molar-refractivity contribution in [1.29, 1.82) is 0 Å². The number of nitrogens with one attached hydrogen (secondary N) is 3. The minimum absolute atomic E-state index is 0.150. The fourth-order valence-corrected chi connectivity index (χ4v) is 5.05. The molecule has 5 rings (SSSR count). The van der Waals surface area contributed by atoms with Crippen LogP contribution in [0.3, 0.4) is 0 Å². The zero-order valence-corrected chi connectivity index (χ0v) is 20.0. The van der Waals surface area contributed by atoms with Crippen molar-refractivity contribution < 1.29 is 14.3 Å². The SMILES string of the molecule is CN(C)c1nc(NC2CCC(NC(=O)Nc3ccc4c(c3)OCCO4)CC2)nc2c1CCCC2. The number of carbonyl (C=O) groups is 1. The molecule has 0 atom stereocenters.